The molecule has 0 aromatic heterocycles. The summed E-state index contributed by atoms with van der Waals surface area (Å²) < 4.78 is 15.7. The second kappa shape index (κ2) is 7.67. The van der Waals surface area contributed by atoms with Crippen LogP contribution in [-0.4, -0.2) is 28.6 Å². The number of halogens is 3. The highest BCUT2D eigenvalue weighted by atomic mass is 79.9. The minimum absolute atomic E-state index is 0. The van der Waals surface area contributed by atoms with Crippen LogP contribution in [0.4, 0.5) is 10.1 Å². The molecule has 0 amide bonds. The van der Waals surface area contributed by atoms with Gasteiger partial charge in [-0.25, -0.2) is 4.39 Å². The van der Waals surface area contributed by atoms with E-state index in [4.69, 9.17) is 11.6 Å². The van der Waals surface area contributed by atoms with Crippen LogP contribution in [0.1, 0.15) is 31.2 Å². The summed E-state index contributed by atoms with van der Waals surface area (Å²) in [6, 6.07) is 13.7. The van der Waals surface area contributed by atoms with E-state index >= 15 is 0 Å². The molecule has 26 heavy (non-hydrogen) atoms. The van der Waals surface area contributed by atoms with Crippen molar-refractivity contribution in [3.8, 4) is 0 Å². The monoisotopic (exact) mass is 438 g/mol. The maximum absolute atomic E-state index is 13.4. The zero-order valence-corrected chi connectivity index (χ0v) is 16.7. The number of hydrogen-bond acceptors (Lipinski definition) is 2. The molecule has 0 spiro atoms. The smallest absolute Gasteiger partial charge is 0.275 e. The molecule has 0 bridgehead atoms. The highest BCUT2D eigenvalue weighted by Gasteiger charge is 2.53. The molecule has 0 aliphatic carbocycles. The fourth-order valence-corrected chi connectivity index (χ4v) is 4.04. The molecule has 2 aromatic rings. The van der Waals surface area contributed by atoms with Gasteiger partial charge in [0.1, 0.15) is 11.5 Å². The lowest BCUT2D eigenvalue weighted by atomic mass is 10.00. The average molecular weight is 440 g/mol. The third kappa shape index (κ3) is 3.40. The van der Waals surface area contributed by atoms with Crippen molar-refractivity contribution >= 4 is 23.1 Å². The molecular formula is C20H21BrClFN2O. The van der Waals surface area contributed by atoms with Gasteiger partial charge in [0.2, 0.25) is 0 Å². The van der Waals surface area contributed by atoms with E-state index in [0.29, 0.717) is 17.1 Å². The van der Waals surface area contributed by atoms with Crippen LogP contribution in [0.2, 0.25) is 5.02 Å². The Bertz CT molecular complexity index is 810. The van der Waals surface area contributed by atoms with Crippen molar-refractivity contribution in [3.05, 3.63) is 64.9 Å². The van der Waals surface area contributed by atoms with Gasteiger partial charge in [0.15, 0.2) is 6.54 Å². The van der Waals surface area contributed by atoms with Gasteiger partial charge in [0.25, 0.3) is 11.6 Å². The Morgan fingerprint density at radius 3 is 2.38 bits per heavy atom. The van der Waals surface area contributed by atoms with E-state index in [1.165, 1.54) is 18.6 Å². The van der Waals surface area contributed by atoms with E-state index < -0.39 is 5.72 Å². The first-order valence-corrected chi connectivity index (χ1v) is 9.11. The van der Waals surface area contributed by atoms with Crippen LogP contribution in [0.15, 0.2) is 48.5 Å². The molecular weight excluding hydrogens is 419 g/mol. The number of nitrogens with zero attached hydrogens (tertiary/aromatic N) is 2. The number of hydrogen-bond donors (Lipinski definition) is 1. The van der Waals surface area contributed by atoms with Gasteiger partial charge in [-0.15, -0.1) is 0 Å². The lowest BCUT2D eigenvalue weighted by Gasteiger charge is -2.29. The van der Waals surface area contributed by atoms with E-state index in [-0.39, 0.29) is 22.8 Å². The van der Waals surface area contributed by atoms with Gasteiger partial charge in [-0.3, -0.25) is 4.58 Å². The molecule has 0 saturated heterocycles. The summed E-state index contributed by atoms with van der Waals surface area (Å²) >= 11 is 6.05. The van der Waals surface area contributed by atoms with Crippen LogP contribution in [0.5, 0.6) is 0 Å². The van der Waals surface area contributed by atoms with Gasteiger partial charge < -0.3 is 22.1 Å². The number of amidine groups is 1. The van der Waals surface area contributed by atoms with Crippen LogP contribution in [-0.2, 0) is 5.72 Å². The second-order valence-electron chi connectivity index (χ2n) is 6.78. The summed E-state index contributed by atoms with van der Waals surface area (Å²) in [5.74, 6) is 0.831. The predicted octanol–water partition coefficient (Wildman–Crippen LogP) is 1.13. The van der Waals surface area contributed by atoms with Gasteiger partial charge >= 0.3 is 0 Å². The maximum atomic E-state index is 13.4. The molecule has 1 atom stereocenters. The molecule has 0 fully saturated rings. The van der Waals surface area contributed by atoms with Crippen molar-refractivity contribution in [2.45, 2.75) is 31.4 Å². The molecule has 4 rings (SSSR count). The van der Waals surface area contributed by atoms with Gasteiger partial charge in [0.05, 0.1) is 6.54 Å². The van der Waals surface area contributed by atoms with Crippen LogP contribution in [0.3, 0.4) is 0 Å². The van der Waals surface area contributed by atoms with Crippen molar-refractivity contribution < 1.29 is 31.1 Å². The summed E-state index contributed by atoms with van der Waals surface area (Å²) in [6.45, 7) is 1.42. The molecule has 6 heteroatoms. The highest BCUT2D eigenvalue weighted by molar-refractivity contribution is 6.30. The molecule has 138 valence electrons. The minimum Gasteiger partial charge on any atom is -1.00 e. The third-order valence-electron chi connectivity index (χ3n) is 5.12. The lowest BCUT2D eigenvalue weighted by Crippen LogP contribution is -3.00. The zero-order valence-electron chi connectivity index (χ0n) is 14.3. The van der Waals surface area contributed by atoms with Gasteiger partial charge in [-0.1, -0.05) is 11.6 Å². The summed E-state index contributed by atoms with van der Waals surface area (Å²) in [5.41, 5.74) is 0.383. The van der Waals surface area contributed by atoms with Gasteiger partial charge in [0, 0.05) is 17.0 Å². The summed E-state index contributed by atoms with van der Waals surface area (Å²) in [6.07, 6.45) is 4.35. The summed E-state index contributed by atoms with van der Waals surface area (Å²) in [7, 11) is 0. The fraction of sp³-hybridized carbons (Fsp3) is 0.350. The normalized spacial score (nSPS) is 22.7. The molecule has 2 aliphatic rings. The lowest BCUT2D eigenvalue weighted by molar-refractivity contribution is -0.534. The van der Waals surface area contributed by atoms with Crippen LogP contribution in [0.25, 0.3) is 0 Å². The molecule has 0 saturated carbocycles. The number of rotatable bonds is 2. The Hall–Kier alpha value is -1.43. The molecule has 1 N–H and O–H groups in total. The highest BCUT2D eigenvalue weighted by Crippen LogP contribution is 2.38. The second-order valence-corrected chi connectivity index (χ2v) is 7.22. The molecule has 0 radical (unpaired) electrons. The number of anilines is 1. The maximum Gasteiger partial charge on any atom is 0.275 e. The Kier molecular flexibility index (Phi) is 5.70. The fourth-order valence-electron chi connectivity index (χ4n) is 3.91. The Morgan fingerprint density at radius 1 is 1.00 bits per heavy atom. The largest absolute Gasteiger partial charge is 1.00 e. The van der Waals surface area contributed by atoms with E-state index in [1.54, 1.807) is 12.1 Å². The predicted molar refractivity (Wildman–Crippen MR) is 97.7 cm³/mol. The first-order valence-electron chi connectivity index (χ1n) is 8.73. The first kappa shape index (κ1) is 19.3. The Labute approximate surface area is 168 Å². The number of benzene rings is 2. The summed E-state index contributed by atoms with van der Waals surface area (Å²) in [4.78, 5) is 2.00. The van der Waals surface area contributed by atoms with Crippen LogP contribution < -0.4 is 21.9 Å². The first-order chi connectivity index (χ1) is 12.1. The van der Waals surface area contributed by atoms with E-state index in [9.17, 15) is 9.50 Å². The molecule has 2 heterocycles. The average Bonchev–Trinajstić information content (AvgIpc) is 2.74. The Balaban J connectivity index is 0.00000196. The zero-order chi connectivity index (χ0) is 17.4. The van der Waals surface area contributed by atoms with Crippen molar-refractivity contribution in [2.24, 2.45) is 0 Å². The number of aliphatic hydroxyl groups is 1. The molecule has 3 nitrogen and oxygen atoms in total. The van der Waals surface area contributed by atoms with E-state index in [0.717, 1.165) is 37.3 Å². The van der Waals surface area contributed by atoms with Crippen molar-refractivity contribution in [3.63, 3.8) is 0 Å². The summed E-state index contributed by atoms with van der Waals surface area (Å²) in [5, 5.41) is 12.3. The molecule has 2 aliphatic heterocycles. The van der Waals surface area contributed by atoms with Crippen molar-refractivity contribution in [1.29, 1.82) is 0 Å². The topological polar surface area (TPSA) is 26.5 Å². The minimum atomic E-state index is -1.21. The van der Waals surface area contributed by atoms with Crippen LogP contribution >= 0.6 is 11.6 Å². The van der Waals surface area contributed by atoms with E-state index in [1.807, 2.05) is 29.2 Å². The van der Waals surface area contributed by atoms with Gasteiger partial charge in [-0.05, 0) is 67.8 Å². The third-order valence-corrected chi connectivity index (χ3v) is 5.38. The van der Waals surface area contributed by atoms with E-state index in [2.05, 4.69) is 4.58 Å². The standard InChI is InChI=1S/C20H21ClFN2O.BrH/c21-16-7-11-18(12-8-16)24-19-4-2-1-3-13-23(19)14-20(24,25)15-5-9-17(22)10-6-15;/h5-12,25H,1-4,13-14H2;1H/q+1;/p-1. The SMILES string of the molecule is OC1(c2ccc(F)cc2)C[N+]2=C(CCCCC2)N1c1ccc(Cl)cc1.[Br-]. The van der Waals surface area contributed by atoms with Crippen LogP contribution in [0, 0.1) is 5.82 Å². The van der Waals surface area contributed by atoms with Gasteiger partial charge in [-0.2, -0.15) is 4.90 Å². The Morgan fingerprint density at radius 2 is 1.69 bits per heavy atom. The quantitative estimate of drug-likeness (QED) is 0.710. The van der Waals surface area contributed by atoms with Crippen molar-refractivity contribution in [2.75, 3.05) is 18.0 Å². The molecule has 1 unspecified atom stereocenters. The van der Waals surface area contributed by atoms with Crippen molar-refractivity contribution in [1.82, 2.24) is 0 Å². The molecule has 2 aromatic carbocycles.